The van der Waals surface area contributed by atoms with E-state index in [4.69, 9.17) is 0 Å². The molecule has 0 aliphatic rings. The van der Waals surface area contributed by atoms with Crippen LogP contribution in [-0.2, 0) is 6.54 Å². The summed E-state index contributed by atoms with van der Waals surface area (Å²) in [7, 11) is 0. The van der Waals surface area contributed by atoms with Gasteiger partial charge in [0, 0.05) is 16.4 Å². The molecule has 0 spiro atoms. The van der Waals surface area contributed by atoms with Gasteiger partial charge >= 0.3 is 0 Å². The Morgan fingerprint density at radius 2 is 1.83 bits per heavy atom. The number of hydrogen-bond acceptors (Lipinski definition) is 4. The Hall–Kier alpha value is -3.45. The topological polar surface area (TPSA) is 87.2 Å². The number of carbonyl (C=O) groups excluding carboxylic acids is 1. The van der Waals surface area contributed by atoms with Crippen molar-refractivity contribution in [3.63, 3.8) is 0 Å². The number of halogens is 1. The van der Waals surface area contributed by atoms with Crippen molar-refractivity contribution in [2.75, 3.05) is 0 Å². The molecule has 0 saturated carbocycles. The number of azo groups is 1. The van der Waals surface area contributed by atoms with E-state index in [1.54, 1.807) is 22.8 Å². The van der Waals surface area contributed by atoms with Crippen LogP contribution in [0.25, 0.3) is 21.7 Å². The number of aromatic hydroxyl groups is 2. The van der Waals surface area contributed by atoms with Gasteiger partial charge in [-0.1, -0.05) is 46.3 Å². The van der Waals surface area contributed by atoms with Gasteiger partial charge in [-0.3, -0.25) is 4.79 Å². The Labute approximate surface area is 174 Å². The van der Waals surface area contributed by atoms with Crippen LogP contribution in [0.4, 0.5) is 5.69 Å². The highest BCUT2D eigenvalue weighted by Gasteiger charge is 2.18. The molecule has 0 aliphatic carbocycles. The van der Waals surface area contributed by atoms with E-state index < -0.39 is 5.91 Å². The molecule has 0 unspecified atom stereocenters. The molecule has 0 bridgehead atoms. The summed E-state index contributed by atoms with van der Waals surface area (Å²) in [4.78, 5) is 12.6. The van der Waals surface area contributed by atoms with E-state index in [1.807, 2.05) is 36.4 Å². The highest BCUT2D eigenvalue weighted by atomic mass is 79.9. The van der Waals surface area contributed by atoms with E-state index in [1.165, 1.54) is 6.07 Å². The third-order valence-electron chi connectivity index (χ3n) is 4.62. The summed E-state index contributed by atoms with van der Waals surface area (Å²) in [6.07, 6.45) is 1.65. The summed E-state index contributed by atoms with van der Waals surface area (Å²) in [5.41, 5.74) is 0.959. The lowest BCUT2D eigenvalue weighted by Crippen LogP contribution is -1.95. The number of nitrogens with zero attached hydrogens (tertiary/aromatic N) is 3. The Morgan fingerprint density at radius 3 is 2.55 bits per heavy atom. The molecule has 1 aromatic heterocycles. The number of benzene rings is 3. The van der Waals surface area contributed by atoms with Gasteiger partial charge in [0.05, 0.1) is 11.1 Å². The maximum absolute atomic E-state index is 12.6. The lowest BCUT2D eigenvalue weighted by atomic mass is 10.1. The summed E-state index contributed by atoms with van der Waals surface area (Å²) in [5.74, 6) is -0.988. The van der Waals surface area contributed by atoms with Gasteiger partial charge in [0.25, 0.3) is 5.91 Å². The monoisotopic (exact) mass is 449 g/mol. The fourth-order valence-electron chi connectivity index (χ4n) is 3.26. The van der Waals surface area contributed by atoms with Crippen LogP contribution in [0, 0.1) is 0 Å². The van der Waals surface area contributed by atoms with Crippen molar-refractivity contribution in [1.29, 1.82) is 0 Å². The zero-order chi connectivity index (χ0) is 20.5. The molecule has 29 heavy (non-hydrogen) atoms. The van der Waals surface area contributed by atoms with Crippen LogP contribution in [0.3, 0.4) is 0 Å². The molecule has 2 N–H and O–H groups in total. The Kier molecular flexibility index (Phi) is 4.90. The second-order valence-electron chi connectivity index (χ2n) is 6.45. The minimum atomic E-state index is -0.702. The summed E-state index contributed by atoms with van der Waals surface area (Å²) in [6.45, 7) is 4.08. The van der Waals surface area contributed by atoms with Crippen molar-refractivity contribution in [3.8, 4) is 11.6 Å². The number of aromatic nitrogens is 1. The average molecular weight is 450 g/mol. The number of hydrogen-bond donors (Lipinski definition) is 2. The van der Waals surface area contributed by atoms with E-state index in [2.05, 4.69) is 32.7 Å². The van der Waals surface area contributed by atoms with Crippen LogP contribution in [0.1, 0.15) is 10.4 Å². The van der Waals surface area contributed by atoms with E-state index in [0.717, 1.165) is 20.8 Å². The van der Waals surface area contributed by atoms with E-state index >= 15 is 0 Å². The van der Waals surface area contributed by atoms with Crippen LogP contribution >= 0.6 is 15.9 Å². The zero-order valence-corrected chi connectivity index (χ0v) is 16.8. The van der Waals surface area contributed by atoms with Crippen LogP contribution < -0.4 is 0 Å². The molecule has 0 atom stereocenters. The van der Waals surface area contributed by atoms with Crippen molar-refractivity contribution in [3.05, 3.63) is 77.3 Å². The molecule has 1 amide bonds. The quantitative estimate of drug-likeness (QED) is 0.292. The molecule has 0 radical (unpaired) electrons. The smallest absolute Gasteiger partial charge is 0.299 e. The van der Waals surface area contributed by atoms with E-state index in [0.29, 0.717) is 11.9 Å². The van der Waals surface area contributed by atoms with Crippen LogP contribution in [0.5, 0.6) is 11.6 Å². The fraction of sp³-hybridized carbons (Fsp3) is 0.0455. The molecule has 0 aliphatic heterocycles. The Bertz CT molecular complexity index is 1310. The number of amides is 1. The van der Waals surface area contributed by atoms with Crippen molar-refractivity contribution < 1.29 is 15.0 Å². The Morgan fingerprint density at radius 1 is 1.10 bits per heavy atom. The van der Waals surface area contributed by atoms with Crippen LogP contribution in [0.2, 0.25) is 0 Å². The number of phenols is 1. The third kappa shape index (κ3) is 3.40. The van der Waals surface area contributed by atoms with Gasteiger partial charge in [0.2, 0.25) is 5.88 Å². The largest absolute Gasteiger partial charge is 0.507 e. The van der Waals surface area contributed by atoms with E-state index in [-0.39, 0.29) is 22.9 Å². The summed E-state index contributed by atoms with van der Waals surface area (Å²) < 4.78 is 2.43. The molecular formula is C22H16BrN3O3. The molecule has 3 aromatic carbocycles. The lowest BCUT2D eigenvalue weighted by molar-refractivity contribution is 0.0992. The fourth-order valence-corrected chi connectivity index (χ4v) is 3.62. The first-order chi connectivity index (χ1) is 14.0. The molecule has 7 heteroatoms. The van der Waals surface area contributed by atoms with Crippen molar-refractivity contribution in [2.45, 2.75) is 6.54 Å². The first kappa shape index (κ1) is 18.9. The van der Waals surface area contributed by atoms with Gasteiger partial charge in [-0.05, 0) is 41.1 Å². The number of allylic oxidation sites excluding steroid dienone is 1. The molecule has 0 saturated heterocycles. The van der Waals surface area contributed by atoms with Gasteiger partial charge in [0.1, 0.15) is 5.75 Å². The van der Waals surface area contributed by atoms with Crippen LogP contribution in [-0.4, -0.2) is 20.7 Å². The second kappa shape index (κ2) is 7.52. The van der Waals surface area contributed by atoms with Crippen molar-refractivity contribution in [2.24, 2.45) is 10.2 Å². The number of rotatable bonds is 4. The van der Waals surface area contributed by atoms with E-state index in [9.17, 15) is 15.0 Å². The lowest BCUT2D eigenvalue weighted by Gasteiger charge is -2.03. The molecule has 1 heterocycles. The summed E-state index contributed by atoms with van der Waals surface area (Å²) in [5, 5.41) is 30.8. The van der Waals surface area contributed by atoms with Gasteiger partial charge in [-0.2, -0.15) is 0 Å². The normalized spacial score (nSPS) is 11.5. The predicted molar refractivity (Wildman–Crippen MR) is 116 cm³/mol. The highest BCUT2D eigenvalue weighted by molar-refractivity contribution is 9.10. The van der Waals surface area contributed by atoms with Crippen LogP contribution in [0.15, 0.2) is 82.0 Å². The second-order valence-corrected chi connectivity index (χ2v) is 7.37. The van der Waals surface area contributed by atoms with Gasteiger partial charge in [-0.25, -0.2) is 0 Å². The predicted octanol–water partition coefficient (Wildman–Crippen LogP) is 6.08. The highest BCUT2D eigenvalue weighted by Crippen LogP contribution is 2.40. The zero-order valence-electron chi connectivity index (χ0n) is 15.2. The number of carbonyl (C=O) groups is 1. The van der Waals surface area contributed by atoms with Gasteiger partial charge < -0.3 is 14.8 Å². The van der Waals surface area contributed by atoms with Gasteiger partial charge in [0.15, 0.2) is 5.69 Å². The van der Waals surface area contributed by atoms with Crippen molar-refractivity contribution in [1.82, 2.24) is 4.57 Å². The average Bonchev–Trinajstić information content (AvgIpc) is 2.96. The SMILES string of the molecule is C=CCn1c(O)c(N=NC(=O)c2cc3ccccc3cc2O)c2cc(Br)ccc21. The first-order valence-corrected chi connectivity index (χ1v) is 9.58. The van der Waals surface area contributed by atoms with Crippen molar-refractivity contribution >= 4 is 49.2 Å². The minimum Gasteiger partial charge on any atom is -0.507 e. The maximum Gasteiger partial charge on any atom is 0.299 e. The summed E-state index contributed by atoms with van der Waals surface area (Å²) >= 11 is 3.41. The molecule has 6 nitrogen and oxygen atoms in total. The molecule has 4 rings (SSSR count). The Balaban J connectivity index is 1.78. The molecular weight excluding hydrogens is 434 g/mol. The maximum atomic E-state index is 12.6. The van der Waals surface area contributed by atoms with Gasteiger partial charge in [-0.15, -0.1) is 16.8 Å². The molecule has 144 valence electrons. The third-order valence-corrected chi connectivity index (χ3v) is 5.11. The standard InChI is InChI=1S/C22H16BrN3O3/c1-2-9-26-18-8-7-15(23)12-16(18)20(22(26)29)24-25-21(28)17-10-13-5-3-4-6-14(13)11-19(17)27/h2-8,10-12,27,29H,1,9H2. The minimum absolute atomic E-state index is 0.0444. The number of fused-ring (bicyclic) bond motifs is 2. The molecule has 0 fully saturated rings. The molecule has 4 aromatic rings. The number of phenolic OH excluding ortho intramolecular Hbond substituents is 1. The summed E-state index contributed by atoms with van der Waals surface area (Å²) in [6, 6.07) is 15.9. The first-order valence-electron chi connectivity index (χ1n) is 8.79.